The van der Waals surface area contributed by atoms with E-state index in [1.54, 1.807) is 18.3 Å². The van der Waals surface area contributed by atoms with Crippen LogP contribution in [0, 0.1) is 5.82 Å². The number of hydrogen-bond donors (Lipinski definition) is 0. The zero-order valence-electron chi connectivity index (χ0n) is 14.2. The van der Waals surface area contributed by atoms with Gasteiger partial charge in [-0.3, -0.25) is 4.90 Å². The van der Waals surface area contributed by atoms with Gasteiger partial charge in [-0.15, -0.1) is 0 Å². The Hall–Kier alpha value is -1.89. The molecule has 1 unspecified atom stereocenters. The lowest BCUT2D eigenvalue weighted by Gasteiger charge is -2.32. The summed E-state index contributed by atoms with van der Waals surface area (Å²) in [4.78, 5) is 13.3. The number of halogens is 1. The molecule has 1 aromatic carbocycles. The second-order valence-corrected chi connectivity index (χ2v) is 6.37. The van der Waals surface area contributed by atoms with Crippen LogP contribution < -0.4 is 0 Å². The number of morpholine rings is 1. The average molecular weight is 330 g/mol. The van der Waals surface area contributed by atoms with Crippen molar-refractivity contribution in [3.8, 4) is 0 Å². The molecule has 2 heterocycles. The van der Waals surface area contributed by atoms with Crippen LogP contribution in [0.15, 0.2) is 36.5 Å². The molecule has 1 atom stereocenters. The first-order chi connectivity index (χ1) is 11.6. The van der Waals surface area contributed by atoms with Crippen molar-refractivity contribution in [2.24, 2.45) is 0 Å². The van der Waals surface area contributed by atoms with E-state index in [4.69, 9.17) is 4.74 Å². The van der Waals surface area contributed by atoms with E-state index in [-0.39, 0.29) is 11.9 Å². The molecular weight excluding hydrogens is 307 g/mol. The first kappa shape index (κ1) is 17.0. The molecule has 128 valence electrons. The van der Waals surface area contributed by atoms with Crippen molar-refractivity contribution in [2.45, 2.75) is 19.2 Å². The van der Waals surface area contributed by atoms with E-state index in [0.29, 0.717) is 19.7 Å². The summed E-state index contributed by atoms with van der Waals surface area (Å²) in [5.41, 5.74) is 1.95. The fourth-order valence-corrected chi connectivity index (χ4v) is 2.88. The molecule has 0 saturated carbocycles. The highest BCUT2D eigenvalue weighted by Crippen LogP contribution is 2.21. The van der Waals surface area contributed by atoms with Crippen molar-refractivity contribution in [3.63, 3.8) is 0 Å². The molecule has 1 aromatic heterocycles. The zero-order valence-corrected chi connectivity index (χ0v) is 14.2. The summed E-state index contributed by atoms with van der Waals surface area (Å²) < 4.78 is 19.2. The Morgan fingerprint density at radius 1 is 1.33 bits per heavy atom. The summed E-state index contributed by atoms with van der Waals surface area (Å²) >= 11 is 0. The Labute approximate surface area is 142 Å². The normalized spacial score (nSPS) is 18.9. The molecule has 3 rings (SSSR count). The molecule has 1 fully saturated rings. The maximum Gasteiger partial charge on any atom is 0.158 e. The second-order valence-electron chi connectivity index (χ2n) is 6.37. The van der Waals surface area contributed by atoms with E-state index in [1.807, 2.05) is 26.2 Å². The largest absolute Gasteiger partial charge is 0.368 e. The van der Waals surface area contributed by atoms with Gasteiger partial charge in [-0.2, -0.15) is 0 Å². The summed E-state index contributed by atoms with van der Waals surface area (Å²) in [6, 6.07) is 8.67. The van der Waals surface area contributed by atoms with Gasteiger partial charge in [0.1, 0.15) is 11.9 Å². The van der Waals surface area contributed by atoms with Crippen LogP contribution in [0.1, 0.15) is 23.2 Å². The summed E-state index contributed by atoms with van der Waals surface area (Å²) in [6.07, 6.45) is 1.64. The molecule has 0 spiro atoms. The Balaban J connectivity index is 1.67. The molecule has 0 N–H and O–H groups in total. The Bertz CT molecular complexity index is 680. The fourth-order valence-electron chi connectivity index (χ4n) is 2.88. The lowest BCUT2D eigenvalue weighted by Crippen LogP contribution is -2.38. The molecule has 0 bridgehead atoms. The van der Waals surface area contributed by atoms with Gasteiger partial charge in [0.05, 0.1) is 12.3 Å². The molecule has 1 aliphatic rings. The summed E-state index contributed by atoms with van der Waals surface area (Å²) in [6.45, 7) is 3.64. The van der Waals surface area contributed by atoms with Crippen molar-refractivity contribution >= 4 is 0 Å². The summed E-state index contributed by atoms with van der Waals surface area (Å²) in [7, 11) is 4.03. The van der Waals surface area contributed by atoms with E-state index in [1.165, 1.54) is 6.07 Å². The monoisotopic (exact) mass is 330 g/mol. The lowest BCUT2D eigenvalue weighted by molar-refractivity contribution is -0.0373. The van der Waals surface area contributed by atoms with Gasteiger partial charge in [0.25, 0.3) is 0 Å². The topological polar surface area (TPSA) is 41.5 Å². The number of rotatable bonds is 5. The Morgan fingerprint density at radius 2 is 2.21 bits per heavy atom. The van der Waals surface area contributed by atoms with Crippen molar-refractivity contribution in [2.75, 3.05) is 33.8 Å². The van der Waals surface area contributed by atoms with E-state index in [2.05, 4.69) is 19.8 Å². The van der Waals surface area contributed by atoms with Gasteiger partial charge in [-0.1, -0.05) is 12.1 Å². The maximum absolute atomic E-state index is 13.3. The molecule has 0 amide bonds. The first-order valence-electron chi connectivity index (χ1n) is 8.15. The van der Waals surface area contributed by atoms with Crippen LogP contribution in [-0.4, -0.2) is 53.6 Å². The molecule has 1 aliphatic heterocycles. The minimum Gasteiger partial charge on any atom is -0.368 e. The van der Waals surface area contributed by atoms with Crippen LogP contribution in [0.25, 0.3) is 0 Å². The predicted molar refractivity (Wildman–Crippen MR) is 89.8 cm³/mol. The molecule has 1 saturated heterocycles. The molecule has 0 radical (unpaired) electrons. The van der Waals surface area contributed by atoms with E-state index < -0.39 is 0 Å². The van der Waals surface area contributed by atoms with E-state index in [9.17, 15) is 4.39 Å². The number of benzene rings is 1. The van der Waals surface area contributed by atoms with Gasteiger partial charge in [-0.05, 0) is 37.9 Å². The van der Waals surface area contributed by atoms with Crippen LogP contribution in [0.5, 0.6) is 0 Å². The van der Waals surface area contributed by atoms with Crippen molar-refractivity contribution in [1.29, 1.82) is 0 Å². The Kier molecular flexibility index (Phi) is 5.50. The fraction of sp³-hybridized carbons (Fsp3) is 0.444. The van der Waals surface area contributed by atoms with Gasteiger partial charge in [0.15, 0.2) is 5.82 Å². The van der Waals surface area contributed by atoms with Crippen LogP contribution >= 0.6 is 0 Å². The van der Waals surface area contributed by atoms with Crippen molar-refractivity contribution in [3.05, 3.63) is 59.4 Å². The van der Waals surface area contributed by atoms with Crippen LogP contribution in [-0.2, 0) is 17.8 Å². The number of ether oxygens (including phenoxy) is 1. The highest BCUT2D eigenvalue weighted by atomic mass is 19.1. The van der Waals surface area contributed by atoms with E-state index in [0.717, 1.165) is 30.2 Å². The van der Waals surface area contributed by atoms with Crippen molar-refractivity contribution < 1.29 is 9.13 Å². The van der Waals surface area contributed by atoms with Gasteiger partial charge in [-0.25, -0.2) is 14.4 Å². The van der Waals surface area contributed by atoms with Gasteiger partial charge >= 0.3 is 0 Å². The van der Waals surface area contributed by atoms with Crippen LogP contribution in [0.2, 0.25) is 0 Å². The molecule has 2 aromatic rings. The molecule has 0 aliphatic carbocycles. The second kappa shape index (κ2) is 7.79. The minimum absolute atomic E-state index is 0.144. The summed E-state index contributed by atoms with van der Waals surface area (Å²) in [5, 5.41) is 0. The van der Waals surface area contributed by atoms with Crippen molar-refractivity contribution in [1.82, 2.24) is 19.8 Å². The average Bonchev–Trinajstić information content (AvgIpc) is 2.55. The van der Waals surface area contributed by atoms with Gasteiger partial charge in [0, 0.05) is 32.4 Å². The third-order valence-corrected chi connectivity index (χ3v) is 3.94. The van der Waals surface area contributed by atoms with Gasteiger partial charge < -0.3 is 9.64 Å². The molecule has 5 nitrogen and oxygen atoms in total. The minimum atomic E-state index is -0.197. The number of nitrogens with zero attached hydrogens (tertiary/aromatic N) is 4. The number of hydrogen-bond acceptors (Lipinski definition) is 5. The third kappa shape index (κ3) is 4.56. The first-order valence-corrected chi connectivity index (χ1v) is 8.15. The predicted octanol–water partition coefficient (Wildman–Crippen LogP) is 2.25. The van der Waals surface area contributed by atoms with Gasteiger partial charge in [0.2, 0.25) is 0 Å². The maximum atomic E-state index is 13.3. The standard InChI is InChI=1S/C18H23FN4O/c1-22(2)12-16-6-7-20-18(21-16)17-13-23(8-9-24-17)11-14-4-3-5-15(19)10-14/h3-7,10,17H,8-9,11-13H2,1-2H3. The van der Waals surface area contributed by atoms with E-state index >= 15 is 0 Å². The summed E-state index contributed by atoms with van der Waals surface area (Å²) in [5.74, 6) is 0.523. The smallest absolute Gasteiger partial charge is 0.158 e. The third-order valence-electron chi connectivity index (χ3n) is 3.94. The molecular formula is C18H23FN4O. The number of aromatic nitrogens is 2. The molecule has 24 heavy (non-hydrogen) atoms. The lowest BCUT2D eigenvalue weighted by atomic mass is 10.1. The SMILES string of the molecule is CN(C)Cc1ccnc(C2CN(Cc3cccc(F)c3)CCO2)n1. The quantitative estimate of drug-likeness (QED) is 0.841. The molecule has 6 heteroatoms. The Morgan fingerprint density at radius 3 is 3.00 bits per heavy atom. The van der Waals surface area contributed by atoms with Crippen LogP contribution in [0.3, 0.4) is 0 Å². The zero-order chi connectivity index (χ0) is 16.9. The van der Waals surface area contributed by atoms with Crippen LogP contribution in [0.4, 0.5) is 4.39 Å². The highest BCUT2D eigenvalue weighted by Gasteiger charge is 2.24. The highest BCUT2D eigenvalue weighted by molar-refractivity contribution is 5.16.